The minimum atomic E-state index is -0.111. The van der Waals surface area contributed by atoms with E-state index >= 15 is 0 Å². The summed E-state index contributed by atoms with van der Waals surface area (Å²) in [4.78, 5) is 12.6. The van der Waals surface area contributed by atoms with Crippen LogP contribution in [0.5, 0.6) is 5.75 Å². The molecule has 1 amide bonds. The van der Waals surface area contributed by atoms with E-state index in [4.69, 9.17) is 4.74 Å². The topological polar surface area (TPSA) is 50.4 Å². The summed E-state index contributed by atoms with van der Waals surface area (Å²) in [5, 5.41) is 6.33. The highest BCUT2D eigenvalue weighted by Gasteiger charge is 2.15. The Hall–Kier alpha value is -3.11. The molecule has 0 aromatic heterocycles. The Bertz CT molecular complexity index is 892. The molecular weight excluding hydrogens is 348 g/mol. The first-order valence-corrected chi connectivity index (χ1v) is 9.54. The number of para-hydroxylation sites is 2. The molecule has 3 aromatic rings. The molecule has 3 aromatic carbocycles. The first-order valence-electron chi connectivity index (χ1n) is 9.54. The SMILES string of the molecule is CCOc1ccccc1NC(=O)CN[C@H](c1ccccc1)c1ccc(C)cc1. The summed E-state index contributed by atoms with van der Waals surface area (Å²) in [6, 6.07) is 25.9. The van der Waals surface area contributed by atoms with E-state index in [1.807, 2.05) is 49.4 Å². The molecule has 0 heterocycles. The van der Waals surface area contributed by atoms with Crippen molar-refractivity contribution in [3.05, 3.63) is 95.6 Å². The van der Waals surface area contributed by atoms with Crippen LogP contribution in [0.15, 0.2) is 78.9 Å². The molecule has 4 nitrogen and oxygen atoms in total. The number of nitrogens with one attached hydrogen (secondary N) is 2. The molecular formula is C24H26N2O2. The fourth-order valence-electron chi connectivity index (χ4n) is 3.07. The predicted molar refractivity (Wildman–Crippen MR) is 114 cm³/mol. The first-order chi connectivity index (χ1) is 13.7. The Kier molecular flexibility index (Phi) is 6.82. The summed E-state index contributed by atoms with van der Waals surface area (Å²) in [6.07, 6.45) is 0. The Labute approximate surface area is 166 Å². The summed E-state index contributed by atoms with van der Waals surface area (Å²) in [5.74, 6) is 0.566. The number of carbonyl (C=O) groups is 1. The van der Waals surface area contributed by atoms with Gasteiger partial charge in [-0.05, 0) is 37.1 Å². The van der Waals surface area contributed by atoms with Gasteiger partial charge in [0, 0.05) is 0 Å². The van der Waals surface area contributed by atoms with E-state index in [1.165, 1.54) is 5.56 Å². The van der Waals surface area contributed by atoms with E-state index in [1.54, 1.807) is 0 Å². The number of hydrogen-bond donors (Lipinski definition) is 2. The van der Waals surface area contributed by atoms with Gasteiger partial charge in [0.2, 0.25) is 5.91 Å². The Balaban J connectivity index is 1.72. The van der Waals surface area contributed by atoms with Crippen LogP contribution in [0.3, 0.4) is 0 Å². The average Bonchev–Trinajstić information content (AvgIpc) is 2.72. The van der Waals surface area contributed by atoms with Crippen LogP contribution >= 0.6 is 0 Å². The summed E-state index contributed by atoms with van der Waals surface area (Å²) in [7, 11) is 0. The van der Waals surface area contributed by atoms with Gasteiger partial charge in [0.1, 0.15) is 5.75 Å². The van der Waals surface area contributed by atoms with Crippen LogP contribution in [-0.4, -0.2) is 19.1 Å². The van der Waals surface area contributed by atoms with Crippen LogP contribution in [-0.2, 0) is 4.79 Å². The fraction of sp³-hybridized carbons (Fsp3) is 0.208. The van der Waals surface area contributed by atoms with Crippen molar-refractivity contribution in [1.82, 2.24) is 5.32 Å². The molecule has 4 heteroatoms. The second kappa shape index (κ2) is 9.72. The maximum atomic E-state index is 12.6. The van der Waals surface area contributed by atoms with E-state index in [2.05, 4.69) is 54.0 Å². The molecule has 0 bridgehead atoms. The normalized spacial score (nSPS) is 11.6. The number of hydrogen-bond acceptors (Lipinski definition) is 3. The van der Waals surface area contributed by atoms with Crippen molar-refractivity contribution in [2.45, 2.75) is 19.9 Å². The first kappa shape index (κ1) is 19.6. The van der Waals surface area contributed by atoms with E-state index in [0.29, 0.717) is 18.0 Å². The van der Waals surface area contributed by atoms with E-state index in [0.717, 1.165) is 11.1 Å². The largest absolute Gasteiger partial charge is 0.492 e. The van der Waals surface area contributed by atoms with Crippen LogP contribution in [0.25, 0.3) is 0 Å². The summed E-state index contributed by atoms with van der Waals surface area (Å²) >= 11 is 0. The third-order valence-electron chi connectivity index (χ3n) is 4.47. The van der Waals surface area contributed by atoms with Gasteiger partial charge >= 0.3 is 0 Å². The Morgan fingerprint density at radius 1 is 0.893 bits per heavy atom. The maximum absolute atomic E-state index is 12.6. The molecule has 0 saturated carbocycles. The second-order valence-corrected chi connectivity index (χ2v) is 6.61. The molecule has 0 spiro atoms. The third-order valence-corrected chi connectivity index (χ3v) is 4.47. The van der Waals surface area contributed by atoms with Gasteiger partial charge in [-0.2, -0.15) is 0 Å². The van der Waals surface area contributed by atoms with E-state index in [9.17, 15) is 4.79 Å². The van der Waals surface area contributed by atoms with Crippen molar-refractivity contribution >= 4 is 11.6 Å². The van der Waals surface area contributed by atoms with Gasteiger partial charge < -0.3 is 10.1 Å². The van der Waals surface area contributed by atoms with Gasteiger partial charge in [-0.3, -0.25) is 10.1 Å². The zero-order valence-corrected chi connectivity index (χ0v) is 16.3. The number of amides is 1. The van der Waals surface area contributed by atoms with Crippen LogP contribution < -0.4 is 15.4 Å². The lowest BCUT2D eigenvalue weighted by molar-refractivity contribution is -0.115. The number of rotatable bonds is 8. The van der Waals surface area contributed by atoms with Gasteiger partial charge in [0.05, 0.1) is 24.9 Å². The lowest BCUT2D eigenvalue weighted by Crippen LogP contribution is -2.32. The number of anilines is 1. The van der Waals surface area contributed by atoms with Crippen molar-refractivity contribution in [2.75, 3.05) is 18.5 Å². The molecule has 3 rings (SSSR count). The van der Waals surface area contributed by atoms with Gasteiger partial charge in [0.25, 0.3) is 0 Å². The highest BCUT2D eigenvalue weighted by molar-refractivity contribution is 5.93. The summed E-state index contributed by atoms with van der Waals surface area (Å²) in [6.45, 7) is 4.73. The molecule has 1 atom stereocenters. The zero-order chi connectivity index (χ0) is 19.8. The van der Waals surface area contributed by atoms with Gasteiger partial charge in [0.15, 0.2) is 0 Å². The van der Waals surface area contributed by atoms with Crippen LogP contribution in [0, 0.1) is 6.92 Å². The molecule has 0 saturated heterocycles. The molecule has 0 aliphatic heterocycles. The van der Waals surface area contributed by atoms with Crippen LogP contribution in [0.4, 0.5) is 5.69 Å². The molecule has 0 unspecified atom stereocenters. The minimum absolute atomic E-state index is 0.0605. The quantitative estimate of drug-likeness (QED) is 0.600. The number of carbonyl (C=O) groups excluding carboxylic acids is 1. The maximum Gasteiger partial charge on any atom is 0.238 e. The van der Waals surface area contributed by atoms with Crippen LogP contribution in [0.1, 0.15) is 29.7 Å². The highest BCUT2D eigenvalue weighted by atomic mass is 16.5. The van der Waals surface area contributed by atoms with Crippen LogP contribution in [0.2, 0.25) is 0 Å². The number of aryl methyl sites for hydroxylation is 1. The monoisotopic (exact) mass is 374 g/mol. The lowest BCUT2D eigenvalue weighted by atomic mass is 9.98. The second-order valence-electron chi connectivity index (χ2n) is 6.61. The van der Waals surface area contributed by atoms with Crippen molar-refractivity contribution < 1.29 is 9.53 Å². The van der Waals surface area contributed by atoms with E-state index in [-0.39, 0.29) is 18.5 Å². The zero-order valence-electron chi connectivity index (χ0n) is 16.3. The van der Waals surface area contributed by atoms with Gasteiger partial charge in [-0.25, -0.2) is 0 Å². The summed E-state index contributed by atoms with van der Waals surface area (Å²) in [5.41, 5.74) is 4.14. The van der Waals surface area contributed by atoms with E-state index < -0.39 is 0 Å². The van der Waals surface area contributed by atoms with Crippen molar-refractivity contribution in [1.29, 1.82) is 0 Å². The summed E-state index contributed by atoms with van der Waals surface area (Å²) < 4.78 is 5.58. The minimum Gasteiger partial charge on any atom is -0.492 e. The predicted octanol–water partition coefficient (Wildman–Crippen LogP) is 4.71. The molecule has 0 fully saturated rings. The van der Waals surface area contributed by atoms with Crippen molar-refractivity contribution in [3.8, 4) is 5.75 Å². The average molecular weight is 374 g/mol. The molecule has 144 valence electrons. The molecule has 0 aliphatic carbocycles. The van der Waals surface area contributed by atoms with Crippen molar-refractivity contribution in [3.63, 3.8) is 0 Å². The third kappa shape index (κ3) is 5.21. The lowest BCUT2D eigenvalue weighted by Gasteiger charge is -2.20. The highest BCUT2D eigenvalue weighted by Crippen LogP contribution is 2.24. The van der Waals surface area contributed by atoms with Gasteiger partial charge in [-0.1, -0.05) is 72.3 Å². The smallest absolute Gasteiger partial charge is 0.238 e. The molecule has 0 aliphatic rings. The Morgan fingerprint density at radius 3 is 2.25 bits per heavy atom. The molecule has 0 radical (unpaired) electrons. The molecule has 2 N–H and O–H groups in total. The number of ether oxygens (including phenoxy) is 1. The Morgan fingerprint density at radius 2 is 1.54 bits per heavy atom. The fourth-order valence-corrected chi connectivity index (χ4v) is 3.07. The number of benzene rings is 3. The van der Waals surface area contributed by atoms with Crippen molar-refractivity contribution in [2.24, 2.45) is 0 Å². The van der Waals surface area contributed by atoms with Gasteiger partial charge in [-0.15, -0.1) is 0 Å². The standard InChI is InChI=1S/C24H26N2O2/c1-3-28-22-12-8-7-11-21(22)26-23(27)17-25-24(19-9-5-4-6-10-19)20-15-13-18(2)14-16-20/h4-16,24-25H,3,17H2,1-2H3,(H,26,27)/t24-/m1/s1. The molecule has 28 heavy (non-hydrogen) atoms.